The molecule has 1 aromatic rings. The molecule has 14 heavy (non-hydrogen) atoms. The molecule has 0 fully saturated rings. The summed E-state index contributed by atoms with van der Waals surface area (Å²) in [7, 11) is 0. The minimum Gasteiger partial charge on any atom is -0.550 e. The van der Waals surface area contributed by atoms with Crippen LogP contribution >= 0.6 is 0 Å². The fraction of sp³-hybridized carbons (Fsp3) is 0.0909. The van der Waals surface area contributed by atoms with Crippen molar-refractivity contribution in [3.8, 4) is 6.07 Å². The Hall–Kier alpha value is -2.08. The number of benzene rings is 1. The Morgan fingerprint density at radius 1 is 1.43 bits per heavy atom. The van der Waals surface area contributed by atoms with Crippen molar-refractivity contribution >= 4 is 11.5 Å². The van der Waals surface area contributed by atoms with Crippen LogP contribution in [-0.2, 0) is 4.79 Å². The van der Waals surface area contributed by atoms with E-state index in [0.717, 1.165) is 5.56 Å². The Balaban J connectivity index is 2.97. The normalized spacial score (nSPS) is 10.6. The van der Waals surface area contributed by atoms with Crippen molar-refractivity contribution in [3.05, 3.63) is 42.0 Å². The third-order valence-corrected chi connectivity index (χ3v) is 1.72. The van der Waals surface area contributed by atoms with Crippen LogP contribution in [0.5, 0.6) is 0 Å². The molecule has 3 nitrogen and oxygen atoms in total. The van der Waals surface area contributed by atoms with Gasteiger partial charge in [0.2, 0.25) is 0 Å². The maximum absolute atomic E-state index is 10.4. The Morgan fingerprint density at radius 3 is 2.57 bits per heavy atom. The van der Waals surface area contributed by atoms with Crippen LogP contribution < -0.4 is 5.11 Å². The van der Waals surface area contributed by atoms with Gasteiger partial charge in [-0.2, -0.15) is 5.26 Å². The van der Waals surface area contributed by atoms with E-state index in [1.807, 2.05) is 12.1 Å². The summed E-state index contributed by atoms with van der Waals surface area (Å²) in [5.41, 5.74) is 1.20. The lowest BCUT2D eigenvalue weighted by Gasteiger charge is -2.06. The number of hydrogen-bond acceptors (Lipinski definition) is 3. The number of hydrogen-bond donors (Lipinski definition) is 0. The Morgan fingerprint density at radius 2 is 2.07 bits per heavy atom. The predicted octanol–water partition coefficient (Wildman–Crippen LogP) is 0.734. The van der Waals surface area contributed by atoms with Gasteiger partial charge in [-0.25, -0.2) is 0 Å². The van der Waals surface area contributed by atoms with E-state index in [1.54, 1.807) is 24.3 Å². The van der Waals surface area contributed by atoms with Crippen LogP contribution in [0.4, 0.5) is 0 Å². The lowest BCUT2D eigenvalue weighted by atomic mass is 10.0. The van der Waals surface area contributed by atoms with Gasteiger partial charge in [0, 0.05) is 18.5 Å². The number of carboxylic acids is 1. The molecule has 0 aliphatic heterocycles. The molecule has 70 valence electrons. The summed E-state index contributed by atoms with van der Waals surface area (Å²) in [5, 5.41) is 18.9. The second-order valence-corrected chi connectivity index (χ2v) is 2.71. The number of rotatable bonds is 3. The van der Waals surface area contributed by atoms with E-state index in [-0.39, 0.29) is 6.42 Å². The van der Waals surface area contributed by atoms with Gasteiger partial charge < -0.3 is 9.90 Å². The summed E-state index contributed by atoms with van der Waals surface area (Å²) in [6.45, 7) is 0. The molecule has 0 saturated carbocycles. The lowest BCUT2D eigenvalue weighted by molar-refractivity contribution is -0.304. The fourth-order valence-electron chi connectivity index (χ4n) is 1.12. The van der Waals surface area contributed by atoms with Crippen LogP contribution in [-0.4, -0.2) is 5.97 Å². The maximum Gasteiger partial charge on any atom is 0.0915 e. The highest BCUT2D eigenvalue weighted by Gasteiger charge is 2.00. The molecule has 0 amide bonds. The van der Waals surface area contributed by atoms with E-state index in [2.05, 4.69) is 0 Å². The van der Waals surface area contributed by atoms with E-state index in [0.29, 0.717) is 5.57 Å². The summed E-state index contributed by atoms with van der Waals surface area (Å²) in [6.07, 6.45) is 0.989. The molecule has 0 bridgehead atoms. The monoisotopic (exact) mass is 186 g/mol. The van der Waals surface area contributed by atoms with Crippen molar-refractivity contribution < 1.29 is 9.90 Å². The minimum atomic E-state index is -1.18. The number of carbonyl (C=O) groups excluding carboxylic acids is 1. The van der Waals surface area contributed by atoms with Crippen LogP contribution in [0.1, 0.15) is 12.0 Å². The molecule has 0 saturated heterocycles. The number of carboxylic acid groups (broad SMARTS) is 1. The topological polar surface area (TPSA) is 63.9 Å². The van der Waals surface area contributed by atoms with Gasteiger partial charge in [-0.15, -0.1) is 0 Å². The van der Waals surface area contributed by atoms with Crippen molar-refractivity contribution in [3.63, 3.8) is 0 Å². The molecule has 1 rings (SSSR count). The van der Waals surface area contributed by atoms with E-state index in [4.69, 9.17) is 5.26 Å². The number of nitrogens with zero attached hydrogens (tertiary/aromatic N) is 1. The average Bonchev–Trinajstić information content (AvgIpc) is 2.18. The van der Waals surface area contributed by atoms with Crippen LogP contribution in [0.3, 0.4) is 0 Å². The molecular formula is C11H8NO2-. The van der Waals surface area contributed by atoms with Crippen LogP contribution in [0.2, 0.25) is 0 Å². The highest BCUT2D eigenvalue weighted by Crippen LogP contribution is 2.16. The predicted molar refractivity (Wildman–Crippen MR) is 49.7 cm³/mol. The van der Waals surface area contributed by atoms with Gasteiger partial charge in [-0.05, 0) is 11.1 Å². The Labute approximate surface area is 81.9 Å². The summed E-state index contributed by atoms with van der Waals surface area (Å²) in [4.78, 5) is 10.4. The van der Waals surface area contributed by atoms with Crippen molar-refractivity contribution in [2.45, 2.75) is 6.42 Å². The second-order valence-electron chi connectivity index (χ2n) is 2.71. The van der Waals surface area contributed by atoms with E-state index in [1.165, 1.54) is 6.08 Å². The van der Waals surface area contributed by atoms with Crippen molar-refractivity contribution in [1.29, 1.82) is 5.26 Å². The third kappa shape index (κ3) is 2.76. The summed E-state index contributed by atoms with van der Waals surface area (Å²) in [5.74, 6) is -1.18. The molecule has 0 atom stereocenters. The maximum atomic E-state index is 10.4. The minimum absolute atomic E-state index is 0.239. The Kier molecular flexibility index (Phi) is 3.45. The summed E-state index contributed by atoms with van der Waals surface area (Å²) in [6, 6.07) is 10.7. The molecule has 0 N–H and O–H groups in total. The SMILES string of the molecule is N#C/C=C(\CC(=O)[O-])c1ccccc1. The van der Waals surface area contributed by atoms with Gasteiger partial charge in [-0.1, -0.05) is 30.3 Å². The van der Waals surface area contributed by atoms with Crippen LogP contribution in [0.25, 0.3) is 5.57 Å². The molecule has 0 aromatic heterocycles. The summed E-state index contributed by atoms with van der Waals surface area (Å²) >= 11 is 0. The van der Waals surface area contributed by atoms with Crippen molar-refractivity contribution in [2.75, 3.05) is 0 Å². The zero-order valence-electron chi connectivity index (χ0n) is 7.43. The number of aliphatic carboxylic acids is 1. The molecule has 3 heteroatoms. The fourth-order valence-corrected chi connectivity index (χ4v) is 1.12. The first-order valence-corrected chi connectivity index (χ1v) is 4.08. The zero-order valence-corrected chi connectivity index (χ0v) is 7.43. The van der Waals surface area contributed by atoms with E-state index >= 15 is 0 Å². The van der Waals surface area contributed by atoms with Crippen LogP contribution in [0.15, 0.2) is 36.4 Å². The van der Waals surface area contributed by atoms with Crippen LogP contribution in [0, 0.1) is 11.3 Å². The summed E-state index contributed by atoms with van der Waals surface area (Å²) < 4.78 is 0. The first-order chi connectivity index (χ1) is 6.74. The van der Waals surface area contributed by atoms with Gasteiger partial charge in [0.25, 0.3) is 0 Å². The van der Waals surface area contributed by atoms with Crippen molar-refractivity contribution in [2.24, 2.45) is 0 Å². The van der Waals surface area contributed by atoms with Gasteiger partial charge in [0.05, 0.1) is 6.07 Å². The molecule has 1 aromatic carbocycles. The first kappa shape index (κ1) is 10.0. The van der Waals surface area contributed by atoms with E-state index in [9.17, 15) is 9.90 Å². The second kappa shape index (κ2) is 4.83. The molecule has 0 heterocycles. The van der Waals surface area contributed by atoms with Gasteiger partial charge in [0.1, 0.15) is 0 Å². The molecule has 0 aliphatic rings. The third-order valence-electron chi connectivity index (χ3n) is 1.72. The largest absolute Gasteiger partial charge is 0.550 e. The molecule has 0 radical (unpaired) electrons. The molecule has 0 aliphatic carbocycles. The van der Waals surface area contributed by atoms with E-state index < -0.39 is 5.97 Å². The number of nitriles is 1. The average molecular weight is 186 g/mol. The molecule has 0 unspecified atom stereocenters. The molecule has 0 spiro atoms. The van der Waals surface area contributed by atoms with Gasteiger partial charge in [0.15, 0.2) is 0 Å². The van der Waals surface area contributed by atoms with Gasteiger partial charge >= 0.3 is 0 Å². The molecular weight excluding hydrogens is 178 g/mol. The number of carbonyl (C=O) groups is 1. The quantitative estimate of drug-likeness (QED) is 0.654. The highest BCUT2D eigenvalue weighted by molar-refractivity contribution is 5.83. The smallest absolute Gasteiger partial charge is 0.0915 e. The Bertz CT molecular complexity index is 387. The van der Waals surface area contributed by atoms with Crippen molar-refractivity contribution in [1.82, 2.24) is 0 Å². The zero-order chi connectivity index (χ0) is 10.4. The standard InChI is InChI=1S/C11H9NO2/c12-7-6-10(8-11(13)14)9-4-2-1-3-5-9/h1-6H,8H2,(H,13,14)/p-1/b10-6+. The van der Waals surface area contributed by atoms with Gasteiger partial charge in [-0.3, -0.25) is 0 Å². The lowest BCUT2D eigenvalue weighted by Crippen LogP contribution is -2.22. The highest BCUT2D eigenvalue weighted by atomic mass is 16.4. The number of allylic oxidation sites excluding steroid dienone is 1. The first-order valence-electron chi connectivity index (χ1n) is 4.08.